The van der Waals surface area contributed by atoms with E-state index in [1.165, 1.54) is 43.7 Å². The van der Waals surface area contributed by atoms with Crippen molar-refractivity contribution in [2.45, 2.75) is 32.5 Å². The van der Waals surface area contributed by atoms with Gasteiger partial charge in [0.05, 0.1) is 12.8 Å². The number of ether oxygens (including phenoxy) is 1. The zero-order chi connectivity index (χ0) is 17.1. The molecule has 4 rings (SSSR count). The van der Waals surface area contributed by atoms with Gasteiger partial charge in [-0.25, -0.2) is 0 Å². The molecule has 0 unspecified atom stereocenters. The molecule has 134 valence electrons. The Kier molecular flexibility index (Phi) is 5.04. The lowest BCUT2D eigenvalue weighted by molar-refractivity contribution is 0.182. The molecule has 25 heavy (non-hydrogen) atoms. The van der Waals surface area contributed by atoms with Gasteiger partial charge in [0.2, 0.25) is 0 Å². The minimum absolute atomic E-state index is 0.629. The first-order valence-corrected chi connectivity index (χ1v) is 9.38. The van der Waals surface area contributed by atoms with Crippen molar-refractivity contribution in [3.8, 4) is 5.75 Å². The molecule has 2 aliphatic rings. The predicted octanol–water partition coefficient (Wildman–Crippen LogP) is 2.62. The zero-order valence-electron chi connectivity index (χ0n) is 15.1. The molecule has 2 aliphatic heterocycles. The number of hydrogen-bond acceptors (Lipinski definition) is 4. The van der Waals surface area contributed by atoms with Gasteiger partial charge < -0.3 is 9.64 Å². The lowest BCUT2D eigenvalue weighted by Gasteiger charge is -2.27. The van der Waals surface area contributed by atoms with E-state index >= 15 is 0 Å². The highest BCUT2D eigenvalue weighted by Gasteiger charge is 2.25. The van der Waals surface area contributed by atoms with Crippen molar-refractivity contribution in [1.29, 1.82) is 0 Å². The van der Waals surface area contributed by atoms with Gasteiger partial charge in [-0.1, -0.05) is 12.1 Å². The topological polar surface area (TPSA) is 33.5 Å². The number of benzene rings is 1. The van der Waals surface area contributed by atoms with Crippen LogP contribution in [-0.2, 0) is 19.6 Å². The monoisotopic (exact) mass is 340 g/mol. The van der Waals surface area contributed by atoms with Crippen molar-refractivity contribution < 1.29 is 4.74 Å². The number of likely N-dealkylation sites (tertiary alicyclic amines) is 1. The molecule has 0 saturated carbocycles. The van der Waals surface area contributed by atoms with E-state index < -0.39 is 0 Å². The Labute approximate surface area is 150 Å². The minimum Gasteiger partial charge on any atom is -0.497 e. The Bertz CT molecular complexity index is 693. The predicted molar refractivity (Wildman–Crippen MR) is 98.5 cm³/mol. The molecule has 3 heterocycles. The summed E-state index contributed by atoms with van der Waals surface area (Å²) in [4.78, 5) is 5.19. The van der Waals surface area contributed by atoms with Gasteiger partial charge in [-0.15, -0.1) is 0 Å². The largest absolute Gasteiger partial charge is 0.497 e. The van der Waals surface area contributed by atoms with Gasteiger partial charge in [0.1, 0.15) is 5.75 Å². The summed E-state index contributed by atoms with van der Waals surface area (Å²) in [5.74, 6) is 1.57. The third-order valence-corrected chi connectivity index (χ3v) is 5.39. The van der Waals surface area contributed by atoms with Crippen LogP contribution < -0.4 is 4.74 Å². The van der Waals surface area contributed by atoms with Crippen molar-refractivity contribution >= 4 is 0 Å². The Morgan fingerprint density at radius 1 is 1.12 bits per heavy atom. The smallest absolute Gasteiger partial charge is 0.119 e. The summed E-state index contributed by atoms with van der Waals surface area (Å²) in [6.45, 7) is 7.79. The summed E-state index contributed by atoms with van der Waals surface area (Å²) in [5.41, 5.74) is 2.64. The normalized spacial score (nSPS) is 21.9. The number of rotatable bonds is 5. The Hall–Kier alpha value is -1.85. The zero-order valence-corrected chi connectivity index (χ0v) is 15.1. The second-order valence-corrected chi connectivity index (χ2v) is 7.40. The van der Waals surface area contributed by atoms with Gasteiger partial charge in [0.25, 0.3) is 0 Å². The van der Waals surface area contributed by atoms with Crippen LogP contribution in [-0.4, -0.2) is 52.9 Å². The van der Waals surface area contributed by atoms with Gasteiger partial charge in [-0.3, -0.25) is 9.58 Å². The average Bonchev–Trinajstić information content (AvgIpc) is 3.25. The van der Waals surface area contributed by atoms with Crippen LogP contribution in [0.2, 0.25) is 0 Å². The molecule has 0 radical (unpaired) electrons. The number of fused-ring (bicyclic) bond motifs is 1. The molecular formula is C20H28N4O. The fourth-order valence-electron chi connectivity index (χ4n) is 4.22. The Morgan fingerprint density at radius 3 is 2.84 bits per heavy atom. The van der Waals surface area contributed by atoms with Crippen molar-refractivity contribution in [3.05, 3.63) is 47.8 Å². The molecule has 0 spiro atoms. The summed E-state index contributed by atoms with van der Waals surface area (Å²) in [5, 5.41) is 4.56. The van der Waals surface area contributed by atoms with E-state index in [2.05, 4.69) is 43.8 Å². The first-order valence-electron chi connectivity index (χ1n) is 9.38. The van der Waals surface area contributed by atoms with Crippen LogP contribution in [0.15, 0.2) is 36.5 Å². The SMILES string of the molecule is COc1cccc(CN2Cc3ccnn3C[C@H](CN3CCCC3)C2)c1. The van der Waals surface area contributed by atoms with Gasteiger partial charge >= 0.3 is 0 Å². The Morgan fingerprint density at radius 2 is 2.00 bits per heavy atom. The lowest BCUT2D eigenvalue weighted by atomic mass is 10.1. The van der Waals surface area contributed by atoms with E-state index in [0.717, 1.165) is 31.9 Å². The molecule has 1 aromatic carbocycles. The maximum absolute atomic E-state index is 5.38. The highest BCUT2D eigenvalue weighted by atomic mass is 16.5. The second-order valence-electron chi connectivity index (χ2n) is 7.40. The molecule has 2 aromatic rings. The first kappa shape index (κ1) is 16.6. The van der Waals surface area contributed by atoms with Gasteiger partial charge in [0.15, 0.2) is 0 Å². The first-order chi connectivity index (χ1) is 12.3. The van der Waals surface area contributed by atoms with Crippen LogP contribution in [0.3, 0.4) is 0 Å². The van der Waals surface area contributed by atoms with E-state index in [-0.39, 0.29) is 0 Å². The summed E-state index contributed by atoms with van der Waals surface area (Å²) < 4.78 is 7.60. The maximum Gasteiger partial charge on any atom is 0.119 e. The third-order valence-electron chi connectivity index (χ3n) is 5.39. The van der Waals surface area contributed by atoms with E-state index in [1.807, 2.05) is 12.3 Å². The fraction of sp³-hybridized carbons (Fsp3) is 0.550. The lowest BCUT2D eigenvalue weighted by Crippen LogP contribution is -2.35. The van der Waals surface area contributed by atoms with E-state index in [9.17, 15) is 0 Å². The van der Waals surface area contributed by atoms with Crippen LogP contribution in [0, 0.1) is 5.92 Å². The van der Waals surface area contributed by atoms with Crippen LogP contribution >= 0.6 is 0 Å². The highest BCUT2D eigenvalue weighted by molar-refractivity contribution is 5.28. The molecule has 1 saturated heterocycles. The molecule has 0 amide bonds. The van der Waals surface area contributed by atoms with Gasteiger partial charge in [-0.2, -0.15) is 5.10 Å². The number of aromatic nitrogens is 2. The molecule has 1 atom stereocenters. The maximum atomic E-state index is 5.38. The average molecular weight is 340 g/mol. The van der Waals surface area contributed by atoms with Crippen LogP contribution in [0.25, 0.3) is 0 Å². The Balaban J connectivity index is 1.49. The molecule has 0 bridgehead atoms. The second kappa shape index (κ2) is 7.58. The van der Waals surface area contributed by atoms with Crippen LogP contribution in [0.4, 0.5) is 0 Å². The highest BCUT2D eigenvalue weighted by Crippen LogP contribution is 2.22. The molecule has 0 N–H and O–H groups in total. The van der Waals surface area contributed by atoms with E-state index in [1.54, 1.807) is 7.11 Å². The molecule has 1 aromatic heterocycles. The summed E-state index contributed by atoms with van der Waals surface area (Å²) in [7, 11) is 1.73. The van der Waals surface area contributed by atoms with Gasteiger partial charge in [0, 0.05) is 44.8 Å². The van der Waals surface area contributed by atoms with E-state index in [0.29, 0.717) is 5.92 Å². The van der Waals surface area contributed by atoms with Crippen molar-refractivity contribution in [2.75, 3.05) is 33.3 Å². The van der Waals surface area contributed by atoms with E-state index in [4.69, 9.17) is 4.74 Å². The minimum atomic E-state index is 0.629. The molecular weight excluding hydrogens is 312 g/mol. The quantitative estimate of drug-likeness (QED) is 0.838. The number of nitrogens with zero attached hydrogens (tertiary/aromatic N) is 4. The number of methoxy groups -OCH3 is 1. The summed E-state index contributed by atoms with van der Waals surface area (Å²) in [6.07, 6.45) is 4.65. The fourth-order valence-corrected chi connectivity index (χ4v) is 4.22. The van der Waals surface area contributed by atoms with Gasteiger partial charge in [-0.05, 0) is 49.7 Å². The third kappa shape index (κ3) is 4.05. The molecule has 5 nitrogen and oxygen atoms in total. The summed E-state index contributed by atoms with van der Waals surface area (Å²) >= 11 is 0. The summed E-state index contributed by atoms with van der Waals surface area (Å²) in [6, 6.07) is 10.6. The van der Waals surface area contributed by atoms with Crippen molar-refractivity contribution in [1.82, 2.24) is 19.6 Å². The molecule has 0 aliphatic carbocycles. The number of hydrogen-bond donors (Lipinski definition) is 0. The van der Waals surface area contributed by atoms with Crippen LogP contribution in [0.5, 0.6) is 5.75 Å². The standard InChI is InChI=1S/C20H28N4O/c1-25-20-6-4-5-17(11-20)12-23-14-18(13-22-9-2-3-10-22)15-24-19(16-23)7-8-21-24/h4-8,11,18H,2-3,9-10,12-16H2,1H3/t18-/m1/s1. The van der Waals surface area contributed by atoms with Crippen LogP contribution in [0.1, 0.15) is 24.1 Å². The van der Waals surface area contributed by atoms with Crippen molar-refractivity contribution in [2.24, 2.45) is 5.92 Å². The molecule has 5 heteroatoms. The molecule has 1 fully saturated rings. The van der Waals surface area contributed by atoms with Crippen molar-refractivity contribution in [3.63, 3.8) is 0 Å².